The molecule has 0 aliphatic heterocycles. The van der Waals surface area contributed by atoms with Gasteiger partial charge >= 0.3 is 0 Å². The van der Waals surface area contributed by atoms with Gasteiger partial charge in [-0.25, -0.2) is 0 Å². The number of carbonyl (C=O) groups excluding carboxylic acids is 2. The van der Waals surface area contributed by atoms with Crippen molar-refractivity contribution in [2.45, 2.75) is 66.3 Å². The Morgan fingerprint density at radius 3 is 2.28 bits per heavy atom. The molecule has 0 radical (unpaired) electrons. The van der Waals surface area contributed by atoms with Crippen molar-refractivity contribution in [1.29, 1.82) is 0 Å². The Morgan fingerprint density at radius 1 is 1.22 bits per heavy atom. The van der Waals surface area contributed by atoms with Crippen molar-refractivity contribution in [2.24, 2.45) is 5.92 Å². The lowest BCUT2D eigenvalue weighted by molar-refractivity contribution is -0.126. The molecule has 0 fully saturated rings. The summed E-state index contributed by atoms with van der Waals surface area (Å²) >= 11 is 0. The molecule has 0 rings (SSSR count). The maximum absolute atomic E-state index is 11.8. The number of allylic oxidation sites excluding steroid dienone is 1. The van der Waals surface area contributed by atoms with Crippen LogP contribution in [-0.4, -0.2) is 17.7 Å². The van der Waals surface area contributed by atoms with Gasteiger partial charge in [-0.3, -0.25) is 9.59 Å². The molecular formula is C15H27NO2. The van der Waals surface area contributed by atoms with E-state index in [4.69, 9.17) is 0 Å². The van der Waals surface area contributed by atoms with Gasteiger partial charge in [0.05, 0.1) is 6.04 Å². The molecule has 18 heavy (non-hydrogen) atoms. The van der Waals surface area contributed by atoms with E-state index in [9.17, 15) is 9.59 Å². The summed E-state index contributed by atoms with van der Waals surface area (Å²) in [6.45, 7) is 9.81. The largest absolute Gasteiger partial charge is 0.342 e. The van der Waals surface area contributed by atoms with Crippen molar-refractivity contribution in [3.8, 4) is 0 Å². The molecule has 1 amide bonds. The number of carbonyl (C=O) groups is 2. The van der Waals surface area contributed by atoms with Crippen molar-refractivity contribution >= 4 is 11.7 Å². The maximum Gasteiger partial charge on any atom is 0.244 e. The highest BCUT2D eigenvalue weighted by Gasteiger charge is 2.21. The monoisotopic (exact) mass is 253 g/mol. The fourth-order valence-corrected chi connectivity index (χ4v) is 1.79. The molecule has 3 nitrogen and oxygen atoms in total. The Kier molecular flexibility index (Phi) is 8.34. The number of unbranched alkanes of at least 4 members (excludes halogenated alkanes) is 1. The number of rotatable bonds is 8. The SMILES string of the molecule is CCCC/C(C)=C/C(=O)NC(C(=O)CC)C(C)C. The van der Waals surface area contributed by atoms with Crippen LogP contribution in [0, 0.1) is 5.92 Å². The minimum absolute atomic E-state index is 0.0953. The molecule has 0 aliphatic carbocycles. The van der Waals surface area contributed by atoms with Gasteiger partial charge in [0.2, 0.25) is 5.91 Å². The van der Waals surface area contributed by atoms with Gasteiger partial charge in [0.1, 0.15) is 0 Å². The predicted molar refractivity (Wildman–Crippen MR) is 75.3 cm³/mol. The van der Waals surface area contributed by atoms with E-state index in [0.29, 0.717) is 6.42 Å². The summed E-state index contributed by atoms with van der Waals surface area (Å²) in [5.74, 6) is 0.0767. The van der Waals surface area contributed by atoms with Crippen molar-refractivity contribution in [3.63, 3.8) is 0 Å². The van der Waals surface area contributed by atoms with E-state index in [1.165, 1.54) is 0 Å². The van der Waals surface area contributed by atoms with Gasteiger partial charge in [-0.2, -0.15) is 0 Å². The zero-order valence-electron chi connectivity index (χ0n) is 12.4. The summed E-state index contributed by atoms with van der Waals surface area (Å²) in [5.41, 5.74) is 1.07. The molecule has 0 saturated heterocycles. The quantitative estimate of drug-likeness (QED) is 0.675. The molecule has 3 heteroatoms. The Morgan fingerprint density at radius 2 is 1.83 bits per heavy atom. The average molecular weight is 253 g/mol. The minimum Gasteiger partial charge on any atom is -0.342 e. The van der Waals surface area contributed by atoms with Gasteiger partial charge < -0.3 is 5.32 Å². The first-order valence-corrected chi connectivity index (χ1v) is 6.92. The fraction of sp³-hybridized carbons (Fsp3) is 0.733. The van der Waals surface area contributed by atoms with Crippen LogP contribution in [0.15, 0.2) is 11.6 Å². The number of hydrogen-bond acceptors (Lipinski definition) is 2. The number of amides is 1. The van der Waals surface area contributed by atoms with Crippen LogP contribution < -0.4 is 5.32 Å². The van der Waals surface area contributed by atoms with Crippen LogP contribution in [0.3, 0.4) is 0 Å². The van der Waals surface area contributed by atoms with E-state index in [-0.39, 0.29) is 23.7 Å². The highest BCUT2D eigenvalue weighted by Crippen LogP contribution is 2.08. The molecule has 0 aromatic heterocycles. The highest BCUT2D eigenvalue weighted by atomic mass is 16.2. The summed E-state index contributed by atoms with van der Waals surface area (Å²) in [7, 11) is 0. The van der Waals surface area contributed by atoms with Gasteiger partial charge in [0.15, 0.2) is 5.78 Å². The molecule has 0 bridgehead atoms. The van der Waals surface area contributed by atoms with Gasteiger partial charge in [-0.1, -0.05) is 39.7 Å². The molecule has 0 heterocycles. The van der Waals surface area contributed by atoms with Crippen molar-refractivity contribution in [2.75, 3.05) is 0 Å². The summed E-state index contributed by atoms with van der Waals surface area (Å²) < 4.78 is 0. The number of ketones is 1. The Labute approximate surface area is 111 Å². The van der Waals surface area contributed by atoms with Crippen molar-refractivity contribution < 1.29 is 9.59 Å². The normalized spacial score (nSPS) is 13.6. The van der Waals surface area contributed by atoms with E-state index >= 15 is 0 Å². The third-order valence-electron chi connectivity index (χ3n) is 2.96. The summed E-state index contributed by atoms with van der Waals surface area (Å²) in [5, 5.41) is 2.81. The van der Waals surface area contributed by atoms with Gasteiger partial charge in [0.25, 0.3) is 0 Å². The number of hydrogen-bond donors (Lipinski definition) is 1. The van der Waals surface area contributed by atoms with Crippen LogP contribution >= 0.6 is 0 Å². The van der Waals surface area contributed by atoms with E-state index in [1.54, 1.807) is 6.08 Å². The van der Waals surface area contributed by atoms with E-state index in [0.717, 1.165) is 24.8 Å². The third-order valence-corrected chi connectivity index (χ3v) is 2.96. The second-order valence-electron chi connectivity index (χ2n) is 5.14. The minimum atomic E-state index is -0.363. The van der Waals surface area contributed by atoms with Crippen molar-refractivity contribution in [3.05, 3.63) is 11.6 Å². The lowest BCUT2D eigenvalue weighted by Crippen LogP contribution is -2.43. The lowest BCUT2D eigenvalue weighted by Gasteiger charge is -2.19. The van der Waals surface area contributed by atoms with Gasteiger partial charge in [0, 0.05) is 12.5 Å². The zero-order chi connectivity index (χ0) is 14.1. The molecule has 0 aromatic carbocycles. The van der Waals surface area contributed by atoms with Crippen LogP contribution in [0.2, 0.25) is 0 Å². The topological polar surface area (TPSA) is 46.2 Å². The second-order valence-corrected chi connectivity index (χ2v) is 5.14. The van der Waals surface area contributed by atoms with Crippen molar-refractivity contribution in [1.82, 2.24) is 5.32 Å². The zero-order valence-corrected chi connectivity index (χ0v) is 12.4. The van der Waals surface area contributed by atoms with Crippen LogP contribution in [0.1, 0.15) is 60.3 Å². The Hall–Kier alpha value is -1.12. The molecular weight excluding hydrogens is 226 g/mol. The number of Topliss-reactive ketones (excluding diaryl/α,β-unsaturated/α-hetero) is 1. The third kappa shape index (κ3) is 6.58. The first-order valence-electron chi connectivity index (χ1n) is 6.92. The summed E-state index contributed by atoms with van der Waals surface area (Å²) in [4.78, 5) is 23.5. The fourth-order valence-electron chi connectivity index (χ4n) is 1.79. The highest BCUT2D eigenvalue weighted by molar-refractivity contribution is 5.94. The first kappa shape index (κ1) is 16.9. The van der Waals surface area contributed by atoms with Crippen LogP contribution in [0.25, 0.3) is 0 Å². The molecule has 0 aromatic rings. The molecule has 1 unspecified atom stereocenters. The molecule has 0 spiro atoms. The molecule has 0 saturated carbocycles. The first-order chi connectivity index (χ1) is 8.42. The predicted octanol–water partition coefficient (Wildman–Crippen LogP) is 3.24. The second kappa shape index (κ2) is 8.90. The molecule has 104 valence electrons. The average Bonchev–Trinajstić information content (AvgIpc) is 2.32. The van der Waals surface area contributed by atoms with E-state index in [1.807, 2.05) is 27.7 Å². The van der Waals surface area contributed by atoms with Gasteiger partial charge in [-0.15, -0.1) is 0 Å². The van der Waals surface area contributed by atoms with E-state index in [2.05, 4.69) is 12.2 Å². The summed E-state index contributed by atoms with van der Waals surface area (Å²) in [6, 6.07) is -0.363. The number of nitrogens with one attached hydrogen (secondary N) is 1. The smallest absolute Gasteiger partial charge is 0.244 e. The Balaban J connectivity index is 4.47. The van der Waals surface area contributed by atoms with Crippen LogP contribution in [0.5, 0.6) is 0 Å². The van der Waals surface area contributed by atoms with E-state index < -0.39 is 0 Å². The molecule has 0 aliphatic rings. The summed E-state index contributed by atoms with van der Waals surface area (Å²) in [6.07, 6.45) is 5.24. The standard InChI is InChI=1S/C15H27NO2/c1-6-8-9-12(5)10-14(18)16-15(11(3)4)13(17)7-2/h10-11,15H,6-9H2,1-5H3,(H,16,18)/b12-10+. The van der Waals surface area contributed by atoms with Crippen LogP contribution in [-0.2, 0) is 9.59 Å². The van der Waals surface area contributed by atoms with Gasteiger partial charge in [-0.05, 0) is 25.7 Å². The van der Waals surface area contributed by atoms with Crippen LogP contribution in [0.4, 0.5) is 0 Å². The Bertz CT molecular complexity index is 306. The molecule has 1 N–H and O–H groups in total. The lowest BCUT2D eigenvalue weighted by atomic mass is 9.98. The molecule has 1 atom stereocenters. The maximum atomic E-state index is 11.8.